The molecule has 41 heavy (non-hydrogen) atoms. The zero-order valence-electron chi connectivity index (χ0n) is 21.9. The summed E-state index contributed by atoms with van der Waals surface area (Å²) in [4.78, 5) is 65.4. The molecule has 14 heteroatoms. The average Bonchev–Trinajstić information content (AvgIpc) is 3.34. The number of rotatable bonds is 14. The monoisotopic (exact) mass is 584 g/mol. The predicted octanol–water partition coefficient (Wildman–Crippen LogP) is -0.670. The summed E-state index contributed by atoms with van der Waals surface area (Å²) in [6.45, 7) is 0. The second-order valence-electron chi connectivity index (χ2n) is 9.42. The molecule has 4 atom stereocenters. The van der Waals surface area contributed by atoms with Crippen molar-refractivity contribution in [3.63, 3.8) is 0 Å². The Labute approximate surface area is 240 Å². The molecule has 0 aliphatic heterocycles. The van der Waals surface area contributed by atoms with Gasteiger partial charge in [0.2, 0.25) is 23.6 Å². The number of aromatic amines is 1. The first kappa shape index (κ1) is 31.0. The number of amides is 4. The summed E-state index contributed by atoms with van der Waals surface area (Å²) in [5, 5.41) is 27.3. The number of benzene rings is 2. The van der Waals surface area contributed by atoms with Crippen LogP contribution < -0.4 is 27.4 Å². The van der Waals surface area contributed by atoms with Crippen molar-refractivity contribution in [3.05, 3.63) is 65.9 Å². The van der Waals surface area contributed by atoms with E-state index in [1.54, 1.807) is 18.3 Å². The third kappa shape index (κ3) is 8.71. The Bertz CT molecular complexity index is 1410. The van der Waals surface area contributed by atoms with Gasteiger partial charge in [0.25, 0.3) is 0 Å². The predicted molar refractivity (Wildman–Crippen MR) is 153 cm³/mol. The number of nitrogens with one attached hydrogen (secondary N) is 4. The van der Waals surface area contributed by atoms with Crippen LogP contribution in [0.25, 0.3) is 10.9 Å². The van der Waals surface area contributed by atoms with Crippen LogP contribution in [-0.2, 0) is 36.8 Å². The quantitative estimate of drug-likeness (QED) is 0.110. The number of carboxylic acid groups (broad SMARTS) is 1. The number of primary amides is 1. The molecular formula is C27H32N6O7S. The number of carbonyl (C=O) groups excluding carboxylic acids is 4. The van der Waals surface area contributed by atoms with Gasteiger partial charge in [-0.05, 0) is 29.3 Å². The van der Waals surface area contributed by atoms with Gasteiger partial charge >= 0.3 is 5.97 Å². The van der Waals surface area contributed by atoms with E-state index in [9.17, 15) is 34.2 Å². The lowest BCUT2D eigenvalue weighted by Crippen LogP contribution is -2.58. The number of carboxylic acids is 1. The Morgan fingerprint density at radius 1 is 0.854 bits per heavy atom. The lowest BCUT2D eigenvalue weighted by Gasteiger charge is -2.25. The van der Waals surface area contributed by atoms with Crippen LogP contribution in [0.1, 0.15) is 17.5 Å². The summed E-state index contributed by atoms with van der Waals surface area (Å²) >= 11 is 3.96. The number of hydrogen-bond acceptors (Lipinski definition) is 8. The highest BCUT2D eigenvalue weighted by atomic mass is 32.1. The number of thiol groups is 1. The Kier molecular flexibility index (Phi) is 10.7. The number of fused-ring (bicyclic) bond motifs is 1. The minimum Gasteiger partial charge on any atom is -0.508 e. The van der Waals surface area contributed by atoms with Crippen molar-refractivity contribution in [1.82, 2.24) is 20.9 Å². The highest BCUT2D eigenvalue weighted by Gasteiger charge is 2.31. The average molecular weight is 585 g/mol. The van der Waals surface area contributed by atoms with Crippen LogP contribution >= 0.6 is 12.6 Å². The first-order valence-electron chi connectivity index (χ1n) is 12.6. The molecule has 4 amide bonds. The summed E-state index contributed by atoms with van der Waals surface area (Å²) in [7, 11) is 0. The van der Waals surface area contributed by atoms with Crippen molar-refractivity contribution < 1.29 is 34.2 Å². The second kappa shape index (κ2) is 14.2. The van der Waals surface area contributed by atoms with Crippen molar-refractivity contribution in [2.45, 2.75) is 43.4 Å². The van der Waals surface area contributed by atoms with Gasteiger partial charge in [-0.25, -0.2) is 4.79 Å². The van der Waals surface area contributed by atoms with Gasteiger partial charge in [-0.3, -0.25) is 19.2 Å². The standard InChI is InChI=1S/C27H32N6O7S/c28-18(11-23(29)35)24(36)31-21(10-15-12-30-19-4-2-1-3-17(15)19)26(38)32-20(9-14-5-7-16(34)8-6-14)25(37)33-22(13-41)27(39)40/h1-8,12,18,20-22,30,34,41H,9-11,13,28H2,(H2,29,35)(H,31,36)(H,32,38)(H,33,37)(H,39,40). The number of hydrogen-bond donors (Lipinski definition) is 9. The number of phenols is 1. The van der Waals surface area contributed by atoms with Crippen molar-refractivity contribution in [1.29, 1.82) is 0 Å². The molecule has 10 N–H and O–H groups in total. The van der Waals surface area contributed by atoms with E-state index in [1.807, 2.05) is 24.3 Å². The lowest BCUT2D eigenvalue weighted by molar-refractivity contribution is -0.141. The van der Waals surface area contributed by atoms with Crippen LogP contribution in [0.2, 0.25) is 0 Å². The fourth-order valence-corrected chi connectivity index (χ4v) is 4.37. The van der Waals surface area contributed by atoms with Crippen LogP contribution in [0.15, 0.2) is 54.7 Å². The van der Waals surface area contributed by atoms with Crippen molar-refractivity contribution in [3.8, 4) is 5.75 Å². The van der Waals surface area contributed by atoms with E-state index in [0.717, 1.165) is 10.9 Å². The number of aromatic hydroxyl groups is 1. The van der Waals surface area contributed by atoms with Crippen molar-refractivity contribution >= 4 is 53.1 Å². The van der Waals surface area contributed by atoms with E-state index in [-0.39, 0.29) is 24.3 Å². The number of para-hydroxylation sites is 1. The third-order valence-corrected chi connectivity index (χ3v) is 6.66. The minimum absolute atomic E-state index is 0.00592. The molecule has 0 spiro atoms. The highest BCUT2D eigenvalue weighted by molar-refractivity contribution is 7.80. The maximum absolute atomic E-state index is 13.6. The van der Waals surface area contributed by atoms with Crippen LogP contribution in [0.3, 0.4) is 0 Å². The molecule has 0 radical (unpaired) electrons. The Hall–Kier alpha value is -4.56. The van der Waals surface area contributed by atoms with E-state index in [0.29, 0.717) is 11.1 Å². The Morgan fingerprint density at radius 3 is 2.05 bits per heavy atom. The highest BCUT2D eigenvalue weighted by Crippen LogP contribution is 2.19. The van der Waals surface area contributed by atoms with Crippen LogP contribution in [0.4, 0.5) is 0 Å². The molecule has 1 heterocycles. The van der Waals surface area contributed by atoms with E-state index in [2.05, 4.69) is 33.6 Å². The lowest BCUT2D eigenvalue weighted by atomic mass is 10.0. The summed E-state index contributed by atoms with van der Waals surface area (Å²) in [6.07, 6.45) is 1.17. The molecule has 4 unspecified atom stereocenters. The van der Waals surface area contributed by atoms with E-state index in [4.69, 9.17) is 11.5 Å². The summed E-state index contributed by atoms with van der Waals surface area (Å²) in [5.41, 5.74) is 13.0. The summed E-state index contributed by atoms with van der Waals surface area (Å²) in [5.74, 6) is -4.66. The van der Waals surface area contributed by atoms with Crippen LogP contribution in [0, 0.1) is 0 Å². The molecule has 218 valence electrons. The van der Waals surface area contributed by atoms with Crippen LogP contribution in [0.5, 0.6) is 5.75 Å². The molecule has 0 fully saturated rings. The van der Waals surface area contributed by atoms with Gasteiger partial charge in [0.05, 0.1) is 12.5 Å². The molecule has 0 aliphatic rings. The molecular weight excluding hydrogens is 552 g/mol. The van der Waals surface area contributed by atoms with Gasteiger partial charge in [-0.2, -0.15) is 12.6 Å². The number of aliphatic carboxylic acids is 1. The minimum atomic E-state index is -1.32. The number of phenolic OH excluding ortho intramolecular Hbond substituents is 1. The van der Waals surface area contributed by atoms with E-state index in [1.165, 1.54) is 12.1 Å². The molecule has 0 aliphatic carbocycles. The first-order chi connectivity index (χ1) is 19.5. The van der Waals surface area contributed by atoms with Gasteiger partial charge in [-0.1, -0.05) is 30.3 Å². The maximum Gasteiger partial charge on any atom is 0.327 e. The number of aromatic nitrogens is 1. The largest absolute Gasteiger partial charge is 0.508 e. The van der Waals surface area contributed by atoms with E-state index >= 15 is 0 Å². The summed E-state index contributed by atoms with van der Waals surface area (Å²) in [6, 6.07) is 8.08. The third-order valence-electron chi connectivity index (χ3n) is 6.30. The van der Waals surface area contributed by atoms with Gasteiger partial charge in [-0.15, -0.1) is 0 Å². The van der Waals surface area contributed by atoms with Gasteiger partial charge in [0.15, 0.2) is 0 Å². The number of carbonyl (C=O) groups is 5. The normalized spacial score (nSPS) is 13.9. The molecule has 3 rings (SSSR count). The van der Waals surface area contributed by atoms with E-state index < -0.39 is 60.2 Å². The smallest absolute Gasteiger partial charge is 0.327 e. The Balaban J connectivity index is 1.90. The maximum atomic E-state index is 13.6. The fraction of sp³-hybridized carbons (Fsp3) is 0.296. The fourth-order valence-electron chi connectivity index (χ4n) is 4.13. The molecule has 3 aromatic rings. The molecule has 0 saturated heterocycles. The Morgan fingerprint density at radius 2 is 1.44 bits per heavy atom. The summed E-state index contributed by atoms with van der Waals surface area (Å²) < 4.78 is 0. The molecule has 0 saturated carbocycles. The molecule has 0 bridgehead atoms. The van der Waals surface area contributed by atoms with Crippen molar-refractivity contribution in [2.75, 3.05) is 5.75 Å². The van der Waals surface area contributed by atoms with Gasteiger partial charge < -0.3 is 42.6 Å². The zero-order chi connectivity index (χ0) is 30.1. The number of nitrogens with two attached hydrogens (primary N) is 2. The van der Waals surface area contributed by atoms with Gasteiger partial charge in [0.1, 0.15) is 23.9 Å². The zero-order valence-corrected chi connectivity index (χ0v) is 22.8. The topological polar surface area (TPSA) is 230 Å². The number of H-pyrrole nitrogens is 1. The van der Waals surface area contributed by atoms with Crippen molar-refractivity contribution in [2.24, 2.45) is 11.5 Å². The SMILES string of the molecule is NC(=O)CC(N)C(=O)NC(Cc1c[nH]c2ccccc12)C(=O)NC(Cc1ccc(O)cc1)C(=O)NC(CS)C(=O)O. The van der Waals surface area contributed by atoms with Crippen LogP contribution in [-0.4, -0.2) is 74.7 Å². The second-order valence-corrected chi connectivity index (χ2v) is 9.78. The molecule has 13 nitrogen and oxygen atoms in total. The first-order valence-corrected chi connectivity index (χ1v) is 13.2. The molecule has 2 aromatic carbocycles. The molecule has 1 aromatic heterocycles. The van der Waals surface area contributed by atoms with Gasteiger partial charge in [0, 0.05) is 35.7 Å².